The van der Waals surface area contributed by atoms with Crippen molar-refractivity contribution in [3.8, 4) is 0 Å². The molecule has 3 amide bonds. The quantitative estimate of drug-likeness (QED) is 0.865. The van der Waals surface area contributed by atoms with Gasteiger partial charge in [-0.05, 0) is 49.7 Å². The summed E-state index contributed by atoms with van der Waals surface area (Å²) in [6, 6.07) is 10.6. The highest BCUT2D eigenvalue weighted by Gasteiger charge is 2.31. The molecule has 1 fully saturated rings. The molecule has 1 aromatic carbocycles. The number of nitrogens with one attached hydrogen (secondary N) is 1. The van der Waals surface area contributed by atoms with Gasteiger partial charge in [0.05, 0.1) is 6.42 Å². The van der Waals surface area contributed by atoms with Crippen molar-refractivity contribution in [1.82, 2.24) is 14.8 Å². The zero-order valence-corrected chi connectivity index (χ0v) is 15.9. The SMILES string of the molecule is Cc1cccc(C(=O)N2CCN(C(=O)c3ccc4c(c3)CC(=O)N4)C[C@@H]2C)n1. The molecule has 0 spiro atoms. The van der Waals surface area contributed by atoms with Crippen LogP contribution in [0, 0.1) is 6.92 Å². The molecule has 0 bridgehead atoms. The minimum absolute atomic E-state index is 0.0508. The van der Waals surface area contributed by atoms with Crippen LogP contribution in [0.5, 0.6) is 0 Å². The Bertz CT molecular complexity index is 972. The summed E-state index contributed by atoms with van der Waals surface area (Å²) in [6.07, 6.45) is 0.304. The van der Waals surface area contributed by atoms with Gasteiger partial charge in [0.15, 0.2) is 0 Å². The molecule has 3 heterocycles. The summed E-state index contributed by atoms with van der Waals surface area (Å²) in [5.41, 5.74) is 3.43. The number of rotatable bonds is 2. The average Bonchev–Trinajstić information content (AvgIpc) is 3.06. The molecule has 1 N–H and O–H groups in total. The van der Waals surface area contributed by atoms with Gasteiger partial charge in [-0.15, -0.1) is 0 Å². The van der Waals surface area contributed by atoms with Crippen LogP contribution in [0.15, 0.2) is 36.4 Å². The summed E-state index contributed by atoms with van der Waals surface area (Å²) in [7, 11) is 0. The van der Waals surface area contributed by atoms with E-state index in [1.807, 2.05) is 26.0 Å². The van der Waals surface area contributed by atoms with E-state index < -0.39 is 0 Å². The van der Waals surface area contributed by atoms with Gasteiger partial charge >= 0.3 is 0 Å². The van der Waals surface area contributed by atoms with Gasteiger partial charge < -0.3 is 15.1 Å². The molecule has 4 rings (SSSR count). The fraction of sp³-hybridized carbons (Fsp3) is 0.333. The number of fused-ring (bicyclic) bond motifs is 1. The molecule has 28 heavy (non-hydrogen) atoms. The summed E-state index contributed by atoms with van der Waals surface area (Å²) in [5, 5.41) is 2.77. The number of amides is 3. The van der Waals surface area contributed by atoms with E-state index in [2.05, 4.69) is 10.3 Å². The van der Waals surface area contributed by atoms with Crippen molar-refractivity contribution in [2.75, 3.05) is 25.0 Å². The van der Waals surface area contributed by atoms with Crippen LogP contribution in [0.4, 0.5) is 5.69 Å². The van der Waals surface area contributed by atoms with Gasteiger partial charge in [-0.25, -0.2) is 4.98 Å². The number of aromatic nitrogens is 1. The van der Waals surface area contributed by atoms with Gasteiger partial charge in [-0.1, -0.05) is 6.07 Å². The monoisotopic (exact) mass is 378 g/mol. The van der Waals surface area contributed by atoms with Gasteiger partial charge in [0, 0.05) is 42.6 Å². The molecule has 0 radical (unpaired) electrons. The van der Waals surface area contributed by atoms with Crippen molar-refractivity contribution in [3.05, 3.63) is 58.9 Å². The predicted octanol–water partition coefficient (Wildman–Crippen LogP) is 1.87. The molecule has 2 aliphatic heterocycles. The minimum atomic E-state index is -0.106. The lowest BCUT2D eigenvalue weighted by Crippen LogP contribution is -2.55. The highest BCUT2D eigenvalue weighted by atomic mass is 16.2. The molecule has 1 saturated heterocycles. The van der Waals surface area contributed by atoms with Crippen molar-refractivity contribution in [2.24, 2.45) is 0 Å². The van der Waals surface area contributed by atoms with E-state index in [0.717, 1.165) is 16.9 Å². The lowest BCUT2D eigenvalue weighted by molar-refractivity contribution is -0.115. The van der Waals surface area contributed by atoms with E-state index >= 15 is 0 Å². The smallest absolute Gasteiger partial charge is 0.272 e. The van der Waals surface area contributed by atoms with E-state index in [4.69, 9.17) is 0 Å². The number of benzene rings is 1. The molecular formula is C21H22N4O3. The number of anilines is 1. The van der Waals surface area contributed by atoms with Gasteiger partial charge in [0.1, 0.15) is 5.69 Å². The highest BCUT2D eigenvalue weighted by molar-refractivity contribution is 6.01. The molecule has 1 aromatic heterocycles. The number of carbonyl (C=O) groups is 3. The van der Waals surface area contributed by atoms with E-state index in [-0.39, 0.29) is 23.8 Å². The largest absolute Gasteiger partial charge is 0.335 e. The maximum atomic E-state index is 12.9. The third-order valence-electron chi connectivity index (χ3n) is 5.26. The Hall–Kier alpha value is -3.22. The van der Waals surface area contributed by atoms with Crippen LogP contribution < -0.4 is 5.32 Å². The van der Waals surface area contributed by atoms with Gasteiger partial charge in [0.2, 0.25) is 5.91 Å². The number of pyridine rings is 1. The summed E-state index contributed by atoms with van der Waals surface area (Å²) >= 11 is 0. The van der Waals surface area contributed by atoms with Crippen molar-refractivity contribution >= 4 is 23.4 Å². The van der Waals surface area contributed by atoms with E-state index in [9.17, 15) is 14.4 Å². The van der Waals surface area contributed by atoms with Crippen LogP contribution in [0.1, 0.15) is 39.0 Å². The number of nitrogens with zero attached hydrogens (tertiary/aromatic N) is 3. The van der Waals surface area contributed by atoms with E-state index in [1.165, 1.54) is 0 Å². The van der Waals surface area contributed by atoms with Crippen LogP contribution in [-0.4, -0.2) is 58.2 Å². The molecule has 0 unspecified atom stereocenters. The van der Waals surface area contributed by atoms with Crippen molar-refractivity contribution in [3.63, 3.8) is 0 Å². The van der Waals surface area contributed by atoms with Crippen LogP contribution >= 0.6 is 0 Å². The van der Waals surface area contributed by atoms with Crippen molar-refractivity contribution < 1.29 is 14.4 Å². The van der Waals surface area contributed by atoms with E-state index in [1.54, 1.807) is 34.1 Å². The number of hydrogen-bond donors (Lipinski definition) is 1. The Balaban J connectivity index is 1.45. The molecule has 0 aliphatic carbocycles. The molecule has 0 saturated carbocycles. The van der Waals surface area contributed by atoms with Gasteiger partial charge in [0.25, 0.3) is 11.8 Å². The van der Waals surface area contributed by atoms with Gasteiger partial charge in [-0.2, -0.15) is 0 Å². The molecule has 7 heteroatoms. The molecular weight excluding hydrogens is 356 g/mol. The summed E-state index contributed by atoms with van der Waals surface area (Å²) in [4.78, 5) is 45.1. The Morgan fingerprint density at radius 3 is 2.71 bits per heavy atom. The normalized spacial score (nSPS) is 18.6. The predicted molar refractivity (Wildman–Crippen MR) is 104 cm³/mol. The fourth-order valence-corrected chi connectivity index (χ4v) is 3.80. The second kappa shape index (κ2) is 7.07. The standard InChI is InChI=1S/C21H22N4O3/c1-13-4-3-5-18(22-13)21(28)25-9-8-24(12-14(25)2)20(27)15-6-7-17-16(10-15)11-19(26)23-17/h3-7,10,14H,8-9,11-12H2,1-2H3,(H,23,26)/t14-/m0/s1. The second-order valence-corrected chi connectivity index (χ2v) is 7.36. The Morgan fingerprint density at radius 1 is 1.14 bits per heavy atom. The zero-order valence-electron chi connectivity index (χ0n) is 15.9. The Labute approximate surface area is 163 Å². The number of aryl methyl sites for hydroxylation is 1. The van der Waals surface area contributed by atoms with Crippen LogP contribution in [0.3, 0.4) is 0 Å². The maximum Gasteiger partial charge on any atom is 0.272 e. The second-order valence-electron chi connectivity index (χ2n) is 7.36. The zero-order chi connectivity index (χ0) is 19.8. The first kappa shape index (κ1) is 18.2. The lowest BCUT2D eigenvalue weighted by Gasteiger charge is -2.39. The first-order valence-electron chi connectivity index (χ1n) is 9.39. The Morgan fingerprint density at radius 2 is 1.96 bits per heavy atom. The molecule has 144 valence electrons. The first-order valence-corrected chi connectivity index (χ1v) is 9.39. The van der Waals surface area contributed by atoms with Crippen LogP contribution in [0.2, 0.25) is 0 Å². The number of piperazine rings is 1. The van der Waals surface area contributed by atoms with Gasteiger partial charge in [-0.3, -0.25) is 14.4 Å². The van der Waals surface area contributed by atoms with E-state index in [0.29, 0.717) is 37.3 Å². The van der Waals surface area contributed by atoms with Crippen LogP contribution in [0.25, 0.3) is 0 Å². The van der Waals surface area contributed by atoms with Crippen molar-refractivity contribution in [1.29, 1.82) is 0 Å². The maximum absolute atomic E-state index is 12.9. The summed E-state index contributed by atoms with van der Waals surface area (Å²) < 4.78 is 0. The number of hydrogen-bond acceptors (Lipinski definition) is 4. The summed E-state index contributed by atoms with van der Waals surface area (Å²) in [5.74, 6) is -0.231. The van der Waals surface area contributed by atoms with Crippen LogP contribution in [-0.2, 0) is 11.2 Å². The molecule has 7 nitrogen and oxygen atoms in total. The topological polar surface area (TPSA) is 82.6 Å². The Kier molecular flexibility index (Phi) is 4.58. The molecule has 2 aliphatic rings. The summed E-state index contributed by atoms with van der Waals surface area (Å²) in [6.45, 7) is 5.20. The minimum Gasteiger partial charge on any atom is -0.335 e. The molecule has 1 atom stereocenters. The number of carbonyl (C=O) groups excluding carboxylic acids is 3. The lowest BCUT2D eigenvalue weighted by atomic mass is 10.1. The highest BCUT2D eigenvalue weighted by Crippen LogP contribution is 2.25. The first-order chi connectivity index (χ1) is 13.4. The van der Waals surface area contributed by atoms with Crippen molar-refractivity contribution in [2.45, 2.75) is 26.3 Å². The molecule has 2 aromatic rings. The third-order valence-corrected chi connectivity index (χ3v) is 5.26. The third kappa shape index (κ3) is 3.35. The fourth-order valence-electron chi connectivity index (χ4n) is 3.80. The average molecular weight is 378 g/mol.